The van der Waals surface area contributed by atoms with Crippen molar-refractivity contribution in [1.29, 1.82) is 0 Å². The molecule has 0 atom stereocenters. The molecular weight excluding hydrogens is 759 g/mol. The Kier molecular flexibility index (Phi) is 5260. The van der Waals surface area contributed by atoms with E-state index in [4.69, 9.17) is 0 Å². The summed E-state index contributed by atoms with van der Waals surface area (Å²) in [7, 11) is 0. The Morgan fingerprint density at radius 3 is 0.100 bits per heavy atom. The first-order valence-corrected chi connectivity index (χ1v) is 0. The normalized spacial score (nSPS) is 0. The van der Waals surface area contributed by atoms with Gasteiger partial charge in [0.2, 0.25) is 0 Å². The Hall–Kier alpha value is 7.50. The number of hydrogen-bond donors (Lipinski definition) is 0. The number of halogens is 16. The molecule has 0 aromatic heterocycles. The summed E-state index contributed by atoms with van der Waals surface area (Å²) in [5.41, 5.74) is 0. The molecule has 20 heteroatoms. The molecule has 0 fully saturated rings. The Morgan fingerprint density at radius 1 is 0.100 bits per heavy atom. The molecule has 0 N–H and O–H groups in total. The van der Waals surface area contributed by atoms with Crippen LogP contribution < -0.4 is 199 Å². The molecule has 0 heterocycles. The summed E-state index contributed by atoms with van der Waals surface area (Å²) in [4.78, 5) is 0. The smallest absolute Gasteiger partial charge is 1.00 e. The van der Waals surface area contributed by atoms with Crippen molar-refractivity contribution in [1.82, 2.24) is 0 Å². The first-order chi connectivity index (χ1) is 0. The molecule has 0 amide bonds. The third-order valence-electron chi connectivity index (χ3n) is 0. The van der Waals surface area contributed by atoms with Gasteiger partial charge < -0.3 is 199 Å². The molecular formula is Cl16Ti4. The molecule has 0 saturated carbocycles. The Morgan fingerprint density at radius 2 is 0.100 bits per heavy atom. The van der Waals surface area contributed by atoms with Crippen LogP contribution in [0.5, 0.6) is 0 Å². The van der Waals surface area contributed by atoms with E-state index in [0.717, 1.165) is 0 Å². The first kappa shape index (κ1) is 343. The van der Waals surface area contributed by atoms with Gasteiger partial charge in [-0.05, 0) is 0 Å². The van der Waals surface area contributed by atoms with Gasteiger partial charge in [0.05, 0.1) is 0 Å². The Bertz CT molecular complexity index is 14.4. The minimum Gasteiger partial charge on any atom is -1.00 e. The van der Waals surface area contributed by atoms with Crippen LogP contribution in [0.15, 0.2) is 0 Å². The van der Waals surface area contributed by atoms with Gasteiger partial charge in [0.15, 0.2) is 0 Å². The van der Waals surface area contributed by atoms with Crippen molar-refractivity contribution in [3.05, 3.63) is 0 Å². The van der Waals surface area contributed by atoms with Crippen LogP contribution in [0, 0.1) is 0 Å². The molecule has 20 heavy (non-hydrogen) atoms. The van der Waals surface area contributed by atoms with Gasteiger partial charge in [-0.2, -0.15) is 0 Å². The van der Waals surface area contributed by atoms with Gasteiger partial charge in [-0.25, -0.2) is 0 Å². The summed E-state index contributed by atoms with van der Waals surface area (Å²) in [6, 6.07) is 0. The van der Waals surface area contributed by atoms with E-state index in [1.165, 1.54) is 0 Å². The zero-order chi connectivity index (χ0) is 0. The maximum Gasteiger partial charge on any atom is 4.00 e. The topological polar surface area (TPSA) is 0 Å². The second-order valence-corrected chi connectivity index (χ2v) is 0. The van der Waals surface area contributed by atoms with E-state index < -0.39 is 0 Å². The van der Waals surface area contributed by atoms with Gasteiger partial charge in [0.25, 0.3) is 0 Å². The molecule has 0 unspecified atom stereocenters. The van der Waals surface area contributed by atoms with Crippen LogP contribution >= 0.6 is 0 Å². The van der Waals surface area contributed by atoms with E-state index in [0.29, 0.717) is 0 Å². The third kappa shape index (κ3) is 272. The van der Waals surface area contributed by atoms with Gasteiger partial charge in [0.1, 0.15) is 0 Å². The maximum atomic E-state index is 0. The van der Waals surface area contributed by atoms with E-state index in [2.05, 4.69) is 0 Å². The van der Waals surface area contributed by atoms with Crippen molar-refractivity contribution in [3.8, 4) is 0 Å². The van der Waals surface area contributed by atoms with Gasteiger partial charge in [-0.15, -0.1) is 0 Å². The molecule has 0 aliphatic carbocycles. The summed E-state index contributed by atoms with van der Waals surface area (Å²) in [5.74, 6) is 0. The fourth-order valence-corrected chi connectivity index (χ4v) is 0. The van der Waals surface area contributed by atoms with E-state index in [-0.39, 0.29) is 285 Å². The van der Waals surface area contributed by atoms with Gasteiger partial charge >= 0.3 is 86.9 Å². The minimum absolute atomic E-state index is 0. The summed E-state index contributed by atoms with van der Waals surface area (Å²) in [6.45, 7) is 0. The van der Waals surface area contributed by atoms with Crippen LogP contribution in [0.1, 0.15) is 0 Å². The Labute approximate surface area is 280 Å². The van der Waals surface area contributed by atoms with Crippen LogP contribution in [0.4, 0.5) is 0 Å². The van der Waals surface area contributed by atoms with Crippen LogP contribution in [0.25, 0.3) is 0 Å². The molecule has 0 bridgehead atoms. The van der Waals surface area contributed by atoms with Crippen molar-refractivity contribution in [3.63, 3.8) is 0 Å². The first-order valence-electron chi connectivity index (χ1n) is 0. The summed E-state index contributed by atoms with van der Waals surface area (Å²) in [5, 5.41) is 0. The summed E-state index contributed by atoms with van der Waals surface area (Å²) >= 11 is 0. The second-order valence-electron chi connectivity index (χ2n) is 0. The fourth-order valence-electron chi connectivity index (χ4n) is 0. The zero-order valence-corrected chi connectivity index (χ0v) is 26.4. The van der Waals surface area contributed by atoms with Crippen LogP contribution in [0.3, 0.4) is 0 Å². The van der Waals surface area contributed by atoms with E-state index in [1.54, 1.807) is 0 Å². The molecule has 0 nitrogen and oxygen atoms in total. The molecule has 0 aliphatic heterocycles. The Balaban J connectivity index is 0. The zero-order valence-electron chi connectivity index (χ0n) is 8.05. The van der Waals surface area contributed by atoms with Crippen molar-refractivity contribution in [2.24, 2.45) is 0 Å². The largest absolute Gasteiger partial charge is 4.00 e. The van der Waals surface area contributed by atoms with Gasteiger partial charge in [-0.3, -0.25) is 0 Å². The minimum atomic E-state index is 0. The average Bonchev–Trinajstić information content (AvgIpc) is 0. The molecule has 0 saturated heterocycles. The van der Waals surface area contributed by atoms with Crippen molar-refractivity contribution >= 4 is 0 Å². The van der Waals surface area contributed by atoms with Crippen molar-refractivity contribution in [2.45, 2.75) is 0 Å². The van der Waals surface area contributed by atoms with Gasteiger partial charge in [-0.1, -0.05) is 0 Å². The van der Waals surface area contributed by atoms with E-state index in [9.17, 15) is 0 Å². The summed E-state index contributed by atoms with van der Waals surface area (Å²) in [6.07, 6.45) is 0. The van der Waals surface area contributed by atoms with Crippen molar-refractivity contribution in [2.75, 3.05) is 0 Å². The molecule has 128 valence electrons. The number of hydrogen-bond acceptors (Lipinski definition) is 0. The maximum absolute atomic E-state index is 0. The SMILES string of the molecule is [Cl-].[Cl-].[Cl-].[Cl-].[Cl-].[Cl-].[Cl-].[Cl-].[Cl-].[Cl-].[Cl-].[Cl-].[Cl-].[Cl-].[Cl-].[Cl-].[Ti+4].[Ti+4].[Ti+4].[Ti+4]. The predicted octanol–water partition coefficient (Wildman–Crippen LogP) is -47.9. The molecule has 0 radical (unpaired) electrons. The van der Waals surface area contributed by atoms with E-state index in [1.807, 2.05) is 0 Å². The van der Waals surface area contributed by atoms with Crippen LogP contribution in [0.2, 0.25) is 0 Å². The molecule has 0 rings (SSSR count). The standard InChI is InChI=1S/16ClH.4Ti/h16*1H;;;;/q;;;;;;;;;;;;;;;;4*+4/p-16. The number of rotatable bonds is 0. The summed E-state index contributed by atoms with van der Waals surface area (Å²) < 4.78 is 0. The van der Waals surface area contributed by atoms with Gasteiger partial charge in [0, 0.05) is 0 Å². The molecule has 0 aromatic rings. The van der Waals surface area contributed by atoms with Crippen molar-refractivity contribution < 1.29 is 285 Å². The molecule has 0 aliphatic rings. The molecule has 0 spiro atoms. The van der Waals surface area contributed by atoms with E-state index >= 15 is 0 Å². The van der Waals surface area contributed by atoms with Crippen LogP contribution in [-0.4, -0.2) is 0 Å². The monoisotopic (exact) mass is 751 g/mol. The molecule has 0 aromatic carbocycles. The average molecular weight is 759 g/mol. The fraction of sp³-hybridized carbons (Fsp3) is 0. The third-order valence-corrected chi connectivity index (χ3v) is 0. The second kappa shape index (κ2) is 306. The van der Waals surface area contributed by atoms with Crippen LogP contribution in [-0.2, 0) is 86.9 Å². The quantitative estimate of drug-likeness (QED) is 0.216. The predicted molar refractivity (Wildman–Crippen MR) is 0 cm³/mol.